The van der Waals surface area contributed by atoms with Crippen LogP contribution in [0.25, 0.3) is 0 Å². The molecule has 3 rings (SSSR count). The molecule has 3 fully saturated rings. The maximum absolute atomic E-state index is 12.6. The van der Waals surface area contributed by atoms with Crippen LogP contribution in [0.4, 0.5) is 0 Å². The van der Waals surface area contributed by atoms with Crippen molar-refractivity contribution in [2.45, 2.75) is 31.7 Å². The Hall–Kier alpha value is -0.210. The summed E-state index contributed by atoms with van der Waals surface area (Å²) in [6.07, 6.45) is 4.00. The van der Waals surface area contributed by atoms with Gasteiger partial charge in [-0.2, -0.15) is 17.0 Å². The highest BCUT2D eigenvalue weighted by Gasteiger charge is 2.34. The first kappa shape index (κ1) is 14.7. The lowest BCUT2D eigenvalue weighted by atomic mass is 10.2. The van der Waals surface area contributed by atoms with Crippen molar-refractivity contribution in [1.82, 2.24) is 13.5 Å². The van der Waals surface area contributed by atoms with E-state index in [0.29, 0.717) is 32.2 Å². The van der Waals surface area contributed by atoms with Crippen molar-refractivity contribution in [3.63, 3.8) is 0 Å². The molecule has 1 unspecified atom stereocenters. The van der Waals surface area contributed by atoms with Gasteiger partial charge in [-0.05, 0) is 32.2 Å². The number of hydrogen-bond acceptors (Lipinski definition) is 4. The van der Waals surface area contributed by atoms with Crippen molar-refractivity contribution in [3.05, 3.63) is 0 Å². The zero-order chi connectivity index (χ0) is 14.0. The first-order chi connectivity index (χ1) is 9.68. The Labute approximate surface area is 121 Å². The summed E-state index contributed by atoms with van der Waals surface area (Å²) in [6, 6.07) is 0.490. The zero-order valence-electron chi connectivity index (χ0n) is 12.0. The number of rotatable bonds is 3. The molecule has 3 aliphatic heterocycles. The van der Waals surface area contributed by atoms with Crippen molar-refractivity contribution in [1.29, 1.82) is 0 Å². The van der Waals surface area contributed by atoms with Gasteiger partial charge >= 0.3 is 0 Å². The fraction of sp³-hybridized carbons (Fsp3) is 1.00. The molecule has 0 aromatic carbocycles. The molecule has 0 saturated carbocycles. The van der Waals surface area contributed by atoms with Gasteiger partial charge in [-0.3, -0.25) is 4.90 Å². The van der Waals surface area contributed by atoms with Gasteiger partial charge in [0, 0.05) is 45.4 Å². The topological polar surface area (TPSA) is 53.1 Å². The minimum absolute atomic E-state index is 0.490. The molecule has 1 atom stereocenters. The van der Waals surface area contributed by atoms with Crippen molar-refractivity contribution in [2.75, 3.05) is 52.5 Å². The molecule has 3 aliphatic rings. The summed E-state index contributed by atoms with van der Waals surface area (Å²) in [5, 5.41) is 0. The third-order valence-electron chi connectivity index (χ3n) is 4.63. The van der Waals surface area contributed by atoms with Gasteiger partial charge in [-0.25, -0.2) is 0 Å². The summed E-state index contributed by atoms with van der Waals surface area (Å²) in [6.45, 7) is 6.13. The molecule has 7 heteroatoms. The van der Waals surface area contributed by atoms with E-state index in [1.807, 2.05) is 0 Å². The van der Waals surface area contributed by atoms with Gasteiger partial charge in [-0.1, -0.05) is 0 Å². The third kappa shape index (κ3) is 3.01. The highest BCUT2D eigenvalue weighted by Crippen LogP contribution is 2.20. The molecular weight excluding hydrogens is 278 g/mol. The third-order valence-corrected chi connectivity index (χ3v) is 6.66. The van der Waals surface area contributed by atoms with E-state index >= 15 is 0 Å². The van der Waals surface area contributed by atoms with Gasteiger partial charge in [0.15, 0.2) is 0 Å². The van der Waals surface area contributed by atoms with E-state index in [1.165, 1.54) is 0 Å². The Kier molecular flexibility index (Phi) is 4.62. The van der Waals surface area contributed by atoms with Crippen LogP contribution in [0.5, 0.6) is 0 Å². The Morgan fingerprint density at radius 2 is 1.55 bits per heavy atom. The Balaban J connectivity index is 1.61. The molecule has 0 bridgehead atoms. The molecule has 0 amide bonds. The molecule has 0 aromatic heterocycles. The van der Waals surface area contributed by atoms with E-state index in [0.717, 1.165) is 52.0 Å². The van der Waals surface area contributed by atoms with Gasteiger partial charge < -0.3 is 4.74 Å². The average molecular weight is 303 g/mol. The van der Waals surface area contributed by atoms with Gasteiger partial charge in [0.05, 0.1) is 6.61 Å². The normalized spacial score (nSPS) is 31.7. The molecule has 20 heavy (non-hydrogen) atoms. The highest BCUT2D eigenvalue weighted by molar-refractivity contribution is 7.86. The second-order valence-electron chi connectivity index (χ2n) is 5.92. The monoisotopic (exact) mass is 303 g/mol. The van der Waals surface area contributed by atoms with Crippen LogP contribution >= 0.6 is 0 Å². The largest absolute Gasteiger partial charge is 0.380 e. The molecule has 0 aromatic rings. The Morgan fingerprint density at radius 1 is 0.850 bits per heavy atom. The summed E-state index contributed by atoms with van der Waals surface area (Å²) >= 11 is 0. The predicted octanol–water partition coefficient (Wildman–Crippen LogP) is 0.124. The van der Waals surface area contributed by atoms with Crippen molar-refractivity contribution >= 4 is 10.2 Å². The van der Waals surface area contributed by atoms with Gasteiger partial charge in [0.25, 0.3) is 10.2 Å². The lowest BCUT2D eigenvalue weighted by Crippen LogP contribution is -2.45. The van der Waals surface area contributed by atoms with Crippen molar-refractivity contribution in [2.24, 2.45) is 0 Å². The van der Waals surface area contributed by atoms with Gasteiger partial charge in [0.2, 0.25) is 0 Å². The molecule has 0 radical (unpaired) electrons. The van der Waals surface area contributed by atoms with E-state index < -0.39 is 10.2 Å². The van der Waals surface area contributed by atoms with Gasteiger partial charge in [0.1, 0.15) is 0 Å². The minimum atomic E-state index is -3.22. The SMILES string of the molecule is O=S(=O)(N1CCCC1)N1CCCN(C2CCOC2)CC1. The lowest BCUT2D eigenvalue weighted by molar-refractivity contribution is 0.147. The molecule has 6 nitrogen and oxygen atoms in total. The molecular formula is C13H25N3O3S. The molecule has 0 spiro atoms. The summed E-state index contributed by atoms with van der Waals surface area (Å²) in [5.74, 6) is 0. The maximum atomic E-state index is 12.6. The lowest BCUT2D eigenvalue weighted by Gasteiger charge is -2.27. The van der Waals surface area contributed by atoms with Crippen LogP contribution in [-0.4, -0.2) is 80.5 Å². The van der Waals surface area contributed by atoms with Crippen LogP contribution in [0.15, 0.2) is 0 Å². The van der Waals surface area contributed by atoms with Crippen molar-refractivity contribution in [3.8, 4) is 0 Å². The van der Waals surface area contributed by atoms with E-state index in [-0.39, 0.29) is 0 Å². The fourth-order valence-electron chi connectivity index (χ4n) is 3.40. The molecule has 3 saturated heterocycles. The minimum Gasteiger partial charge on any atom is -0.380 e. The number of ether oxygens (including phenoxy) is 1. The summed E-state index contributed by atoms with van der Waals surface area (Å²) in [5.41, 5.74) is 0. The second-order valence-corrected chi connectivity index (χ2v) is 7.85. The zero-order valence-corrected chi connectivity index (χ0v) is 12.9. The van der Waals surface area contributed by atoms with Crippen LogP contribution in [0.3, 0.4) is 0 Å². The van der Waals surface area contributed by atoms with E-state index in [4.69, 9.17) is 4.74 Å². The number of hydrogen-bond donors (Lipinski definition) is 0. The Morgan fingerprint density at radius 3 is 2.25 bits per heavy atom. The van der Waals surface area contributed by atoms with E-state index in [9.17, 15) is 8.42 Å². The second kappa shape index (κ2) is 6.27. The van der Waals surface area contributed by atoms with Crippen molar-refractivity contribution < 1.29 is 13.2 Å². The first-order valence-electron chi connectivity index (χ1n) is 7.75. The maximum Gasteiger partial charge on any atom is 0.282 e. The van der Waals surface area contributed by atoms with Crippen LogP contribution in [0.2, 0.25) is 0 Å². The predicted molar refractivity (Wildman–Crippen MR) is 76.7 cm³/mol. The fourth-order valence-corrected chi connectivity index (χ4v) is 5.12. The summed E-state index contributed by atoms with van der Waals surface area (Å²) in [7, 11) is -3.22. The first-order valence-corrected chi connectivity index (χ1v) is 9.14. The van der Waals surface area contributed by atoms with E-state index in [1.54, 1.807) is 8.61 Å². The van der Waals surface area contributed by atoms with Crippen LogP contribution in [0, 0.1) is 0 Å². The highest BCUT2D eigenvalue weighted by atomic mass is 32.2. The molecule has 116 valence electrons. The summed E-state index contributed by atoms with van der Waals surface area (Å²) < 4.78 is 33.9. The average Bonchev–Trinajstić information content (AvgIpc) is 3.08. The Bertz CT molecular complexity index is 417. The van der Waals surface area contributed by atoms with Gasteiger partial charge in [-0.15, -0.1) is 0 Å². The molecule has 0 aliphatic carbocycles. The van der Waals surface area contributed by atoms with E-state index in [2.05, 4.69) is 4.90 Å². The summed E-state index contributed by atoms with van der Waals surface area (Å²) in [4.78, 5) is 2.41. The quantitative estimate of drug-likeness (QED) is 0.743. The van der Waals surface area contributed by atoms with Crippen LogP contribution in [0.1, 0.15) is 25.7 Å². The standard InChI is InChI=1S/C13H25N3O3S/c17-20(18,15-6-1-2-7-15)16-8-3-5-14(9-10-16)13-4-11-19-12-13/h13H,1-12H2. The van der Waals surface area contributed by atoms with Crippen LogP contribution in [-0.2, 0) is 14.9 Å². The molecule has 0 N–H and O–H groups in total. The number of nitrogens with zero attached hydrogens (tertiary/aromatic N) is 3. The molecule has 3 heterocycles. The van der Waals surface area contributed by atoms with Crippen LogP contribution < -0.4 is 0 Å². The smallest absolute Gasteiger partial charge is 0.282 e.